The molecule has 1 atom stereocenters. The first kappa shape index (κ1) is 14.1. The lowest BCUT2D eigenvalue weighted by Crippen LogP contribution is -2.24. The van der Waals surface area contributed by atoms with Gasteiger partial charge in [-0.2, -0.15) is 5.10 Å². The van der Waals surface area contributed by atoms with Gasteiger partial charge in [0.2, 0.25) is 0 Å². The highest BCUT2D eigenvalue weighted by Crippen LogP contribution is 2.30. The Kier molecular flexibility index (Phi) is 4.77. The van der Waals surface area contributed by atoms with Crippen LogP contribution in [0.5, 0.6) is 0 Å². The smallest absolute Gasteiger partial charge is 0.0640 e. The topological polar surface area (TPSA) is 43.8 Å². The fourth-order valence-corrected chi connectivity index (χ4v) is 3.98. The molecule has 20 heavy (non-hydrogen) atoms. The Morgan fingerprint density at radius 1 is 1.15 bits per heavy atom. The Labute approximate surface area is 122 Å². The lowest BCUT2D eigenvalue weighted by molar-refractivity contribution is 0.438. The predicted octanol–water partition coefficient (Wildman–Crippen LogP) is 3.84. The molecule has 1 aromatic heterocycles. The van der Waals surface area contributed by atoms with Gasteiger partial charge in [-0.25, -0.2) is 0 Å². The van der Waals surface area contributed by atoms with Gasteiger partial charge in [0.05, 0.1) is 11.7 Å². The third kappa shape index (κ3) is 3.63. The van der Waals surface area contributed by atoms with Crippen molar-refractivity contribution in [1.82, 2.24) is 9.78 Å². The summed E-state index contributed by atoms with van der Waals surface area (Å²) in [6.45, 7) is 0. The van der Waals surface area contributed by atoms with E-state index in [0.29, 0.717) is 12.1 Å². The molecule has 2 aliphatic rings. The zero-order chi connectivity index (χ0) is 13.8. The van der Waals surface area contributed by atoms with E-state index < -0.39 is 0 Å². The molecule has 2 N–H and O–H groups in total. The first-order valence-corrected chi connectivity index (χ1v) is 8.61. The average Bonchev–Trinajstić information content (AvgIpc) is 3.18. The molecule has 1 aromatic rings. The monoisotopic (exact) mass is 275 g/mol. The Balaban J connectivity index is 1.44. The molecule has 0 spiro atoms. The van der Waals surface area contributed by atoms with Gasteiger partial charge in [-0.15, -0.1) is 0 Å². The van der Waals surface area contributed by atoms with Gasteiger partial charge >= 0.3 is 0 Å². The van der Waals surface area contributed by atoms with Crippen LogP contribution in [0.3, 0.4) is 0 Å². The molecule has 112 valence electrons. The fourth-order valence-electron chi connectivity index (χ4n) is 3.98. The number of hydrogen-bond acceptors (Lipinski definition) is 2. The minimum atomic E-state index is 0.294. The Morgan fingerprint density at radius 2 is 1.85 bits per heavy atom. The maximum absolute atomic E-state index is 6.30. The summed E-state index contributed by atoms with van der Waals surface area (Å²) in [5, 5.41) is 4.75. The molecule has 3 nitrogen and oxygen atoms in total. The quantitative estimate of drug-likeness (QED) is 0.857. The third-order valence-electron chi connectivity index (χ3n) is 5.25. The summed E-state index contributed by atoms with van der Waals surface area (Å²) in [6, 6.07) is 3.12. The van der Waals surface area contributed by atoms with Crippen molar-refractivity contribution in [2.75, 3.05) is 0 Å². The molecule has 0 amide bonds. The Morgan fingerprint density at radius 3 is 2.60 bits per heavy atom. The van der Waals surface area contributed by atoms with E-state index in [9.17, 15) is 0 Å². The molecule has 2 fully saturated rings. The van der Waals surface area contributed by atoms with Gasteiger partial charge in [0.15, 0.2) is 0 Å². The van der Waals surface area contributed by atoms with E-state index in [4.69, 9.17) is 10.8 Å². The van der Waals surface area contributed by atoms with Crippen LogP contribution in [0.4, 0.5) is 0 Å². The lowest BCUT2D eigenvalue weighted by atomic mass is 9.97. The van der Waals surface area contributed by atoms with Crippen LogP contribution >= 0.6 is 0 Å². The molecular formula is C17H29N3. The molecule has 3 rings (SSSR count). The second-order valence-electron chi connectivity index (χ2n) is 6.92. The molecule has 2 saturated carbocycles. The second-order valence-corrected chi connectivity index (χ2v) is 6.92. The van der Waals surface area contributed by atoms with Crippen molar-refractivity contribution in [3.05, 3.63) is 18.0 Å². The highest BCUT2D eigenvalue weighted by molar-refractivity contribution is 5.02. The van der Waals surface area contributed by atoms with Crippen LogP contribution in [0.2, 0.25) is 0 Å². The number of aromatic nitrogens is 2. The van der Waals surface area contributed by atoms with E-state index in [-0.39, 0.29) is 0 Å². The van der Waals surface area contributed by atoms with Crippen LogP contribution in [0.25, 0.3) is 0 Å². The Bertz CT molecular complexity index is 400. The largest absolute Gasteiger partial charge is 0.327 e. The summed E-state index contributed by atoms with van der Waals surface area (Å²) in [5.74, 6) is 0.956. The number of rotatable bonds is 6. The molecule has 1 heterocycles. The summed E-state index contributed by atoms with van der Waals surface area (Å²) in [6.07, 6.45) is 16.7. The molecule has 3 heteroatoms. The molecule has 0 radical (unpaired) electrons. The van der Waals surface area contributed by atoms with E-state index in [2.05, 4.69) is 16.9 Å². The van der Waals surface area contributed by atoms with Crippen LogP contribution < -0.4 is 5.73 Å². The average molecular weight is 275 g/mol. The molecule has 0 saturated heterocycles. The summed E-state index contributed by atoms with van der Waals surface area (Å²) in [7, 11) is 0. The number of nitrogens with two attached hydrogens (primary N) is 1. The van der Waals surface area contributed by atoms with Gasteiger partial charge in [-0.1, -0.05) is 38.5 Å². The maximum Gasteiger partial charge on any atom is 0.0640 e. The molecule has 0 aromatic carbocycles. The van der Waals surface area contributed by atoms with Crippen molar-refractivity contribution >= 4 is 0 Å². The van der Waals surface area contributed by atoms with Gasteiger partial charge in [-0.05, 0) is 37.7 Å². The summed E-state index contributed by atoms with van der Waals surface area (Å²) < 4.78 is 2.19. The van der Waals surface area contributed by atoms with Crippen molar-refractivity contribution in [2.45, 2.75) is 82.7 Å². The predicted molar refractivity (Wildman–Crippen MR) is 82.6 cm³/mol. The lowest BCUT2D eigenvalue weighted by Gasteiger charge is -2.14. The van der Waals surface area contributed by atoms with Crippen LogP contribution in [-0.2, 0) is 6.42 Å². The van der Waals surface area contributed by atoms with Crippen LogP contribution in [0.1, 0.15) is 75.9 Å². The molecule has 2 aliphatic carbocycles. The standard InChI is InChI=1S/C17H29N3/c18-15(10-9-14-5-1-2-6-14)13-16-11-12-20(19-16)17-7-3-4-8-17/h11-12,14-15,17H,1-10,13,18H2. The van der Waals surface area contributed by atoms with Gasteiger partial charge in [0, 0.05) is 18.7 Å². The third-order valence-corrected chi connectivity index (χ3v) is 5.25. The first-order valence-electron chi connectivity index (χ1n) is 8.61. The van der Waals surface area contributed by atoms with Crippen molar-refractivity contribution < 1.29 is 0 Å². The first-order chi connectivity index (χ1) is 9.81. The second kappa shape index (κ2) is 6.75. The normalized spacial score (nSPS) is 22.6. The highest BCUT2D eigenvalue weighted by atomic mass is 15.3. The zero-order valence-corrected chi connectivity index (χ0v) is 12.6. The maximum atomic E-state index is 6.30. The number of nitrogens with zero attached hydrogens (tertiary/aromatic N) is 2. The van der Waals surface area contributed by atoms with Crippen molar-refractivity contribution in [1.29, 1.82) is 0 Å². The van der Waals surface area contributed by atoms with Crippen molar-refractivity contribution in [2.24, 2.45) is 11.7 Å². The number of hydrogen-bond donors (Lipinski definition) is 1. The minimum Gasteiger partial charge on any atom is -0.327 e. The van der Waals surface area contributed by atoms with Gasteiger partial charge in [0.1, 0.15) is 0 Å². The van der Waals surface area contributed by atoms with Gasteiger partial charge in [-0.3, -0.25) is 4.68 Å². The van der Waals surface area contributed by atoms with E-state index in [1.807, 2.05) is 0 Å². The van der Waals surface area contributed by atoms with Gasteiger partial charge < -0.3 is 5.73 Å². The van der Waals surface area contributed by atoms with Crippen LogP contribution in [-0.4, -0.2) is 15.8 Å². The molecule has 0 aliphatic heterocycles. The highest BCUT2D eigenvalue weighted by Gasteiger charge is 2.19. The minimum absolute atomic E-state index is 0.294. The van der Waals surface area contributed by atoms with Crippen molar-refractivity contribution in [3.8, 4) is 0 Å². The fraction of sp³-hybridized carbons (Fsp3) is 0.824. The van der Waals surface area contributed by atoms with E-state index in [1.165, 1.54) is 69.9 Å². The molecule has 0 bridgehead atoms. The van der Waals surface area contributed by atoms with Crippen molar-refractivity contribution in [3.63, 3.8) is 0 Å². The van der Waals surface area contributed by atoms with E-state index >= 15 is 0 Å². The van der Waals surface area contributed by atoms with Gasteiger partial charge in [0.25, 0.3) is 0 Å². The van der Waals surface area contributed by atoms with E-state index in [1.54, 1.807) is 0 Å². The SMILES string of the molecule is NC(CCC1CCCC1)Cc1ccn(C2CCCC2)n1. The van der Waals surface area contributed by atoms with Crippen LogP contribution in [0.15, 0.2) is 12.3 Å². The summed E-state index contributed by atoms with van der Waals surface area (Å²) >= 11 is 0. The zero-order valence-electron chi connectivity index (χ0n) is 12.6. The van der Waals surface area contributed by atoms with E-state index in [0.717, 1.165) is 12.3 Å². The Hall–Kier alpha value is -0.830. The molecule has 1 unspecified atom stereocenters. The van der Waals surface area contributed by atoms with Crippen LogP contribution in [0, 0.1) is 5.92 Å². The summed E-state index contributed by atoms with van der Waals surface area (Å²) in [4.78, 5) is 0. The molecular weight excluding hydrogens is 246 g/mol. The summed E-state index contributed by atoms with van der Waals surface area (Å²) in [5.41, 5.74) is 7.49.